The number of methoxy groups -OCH3 is 1. The number of amides is 1. The zero-order valence-electron chi connectivity index (χ0n) is 11.7. The molecule has 1 aromatic carbocycles. The first-order valence-corrected chi connectivity index (χ1v) is 7.81. The number of rotatable bonds is 2. The molecule has 21 heavy (non-hydrogen) atoms. The third kappa shape index (κ3) is 2.51. The van der Waals surface area contributed by atoms with Crippen molar-refractivity contribution < 1.29 is 14.3 Å². The van der Waals surface area contributed by atoms with Crippen LogP contribution in [-0.2, 0) is 9.53 Å². The Labute approximate surface area is 126 Å². The fourth-order valence-corrected chi connectivity index (χ4v) is 3.56. The van der Waals surface area contributed by atoms with E-state index < -0.39 is 6.04 Å². The Balaban J connectivity index is 1.96. The van der Waals surface area contributed by atoms with Crippen LogP contribution < -0.4 is 0 Å². The van der Waals surface area contributed by atoms with Gasteiger partial charge in [0.05, 0.1) is 28.4 Å². The first kappa shape index (κ1) is 14.0. The number of likely N-dealkylation sites (tertiary alicyclic amines) is 1. The monoisotopic (exact) mass is 304 g/mol. The minimum Gasteiger partial charge on any atom is -0.467 e. The van der Waals surface area contributed by atoms with Crippen LogP contribution in [-0.4, -0.2) is 41.5 Å². The number of fused-ring (bicyclic) bond motifs is 1. The normalized spacial score (nSPS) is 18.7. The predicted octanol–water partition coefficient (Wildman–Crippen LogP) is 2.46. The molecule has 1 saturated heterocycles. The second-order valence-corrected chi connectivity index (χ2v) is 5.89. The van der Waals surface area contributed by atoms with E-state index in [-0.39, 0.29) is 11.9 Å². The van der Waals surface area contributed by atoms with Crippen LogP contribution in [0.25, 0.3) is 10.2 Å². The van der Waals surface area contributed by atoms with Gasteiger partial charge >= 0.3 is 5.97 Å². The fraction of sp³-hybridized carbons (Fsp3) is 0.400. The standard InChI is InChI=1S/C15H16N2O3S/c1-20-15(19)12-7-2-3-8-17(12)14(18)10-5-4-6-11-13(10)21-9-16-11/h4-6,9,12H,2-3,7-8H2,1H3. The Morgan fingerprint density at radius 1 is 1.38 bits per heavy atom. The van der Waals surface area contributed by atoms with Gasteiger partial charge in [-0.15, -0.1) is 11.3 Å². The summed E-state index contributed by atoms with van der Waals surface area (Å²) in [6, 6.07) is 5.04. The molecule has 1 atom stereocenters. The lowest BCUT2D eigenvalue weighted by molar-refractivity contribution is -0.147. The number of hydrogen-bond acceptors (Lipinski definition) is 5. The van der Waals surface area contributed by atoms with Crippen LogP contribution in [0.3, 0.4) is 0 Å². The van der Waals surface area contributed by atoms with E-state index in [0.29, 0.717) is 18.5 Å². The molecule has 1 aliphatic rings. The maximum absolute atomic E-state index is 12.8. The number of carbonyl (C=O) groups is 2. The molecule has 2 aromatic rings. The summed E-state index contributed by atoms with van der Waals surface area (Å²) in [7, 11) is 1.36. The van der Waals surface area contributed by atoms with E-state index in [1.165, 1.54) is 18.4 Å². The molecule has 0 N–H and O–H groups in total. The molecule has 3 rings (SSSR count). The lowest BCUT2D eigenvalue weighted by atomic mass is 10.0. The lowest BCUT2D eigenvalue weighted by Gasteiger charge is -2.33. The molecule has 0 spiro atoms. The SMILES string of the molecule is COC(=O)C1CCCCN1C(=O)c1cccc2ncsc12. The van der Waals surface area contributed by atoms with E-state index in [1.807, 2.05) is 12.1 Å². The number of thiazole rings is 1. The van der Waals surface area contributed by atoms with E-state index in [4.69, 9.17) is 4.74 Å². The van der Waals surface area contributed by atoms with Crippen molar-refractivity contribution in [1.29, 1.82) is 0 Å². The molecule has 1 aromatic heterocycles. The van der Waals surface area contributed by atoms with Gasteiger partial charge in [0, 0.05) is 6.54 Å². The molecule has 0 aliphatic carbocycles. The Bertz CT molecular complexity index is 682. The van der Waals surface area contributed by atoms with Gasteiger partial charge in [0.25, 0.3) is 5.91 Å². The van der Waals surface area contributed by atoms with Gasteiger partial charge in [-0.1, -0.05) is 6.07 Å². The smallest absolute Gasteiger partial charge is 0.328 e. The highest BCUT2D eigenvalue weighted by Gasteiger charge is 2.34. The first-order valence-electron chi connectivity index (χ1n) is 6.93. The molecular formula is C15H16N2O3S. The van der Waals surface area contributed by atoms with Crippen molar-refractivity contribution in [2.45, 2.75) is 25.3 Å². The number of carbonyl (C=O) groups excluding carboxylic acids is 2. The van der Waals surface area contributed by atoms with Crippen LogP contribution in [0.1, 0.15) is 29.6 Å². The molecule has 2 heterocycles. The van der Waals surface area contributed by atoms with E-state index in [9.17, 15) is 9.59 Å². The van der Waals surface area contributed by atoms with Crippen molar-refractivity contribution in [3.05, 3.63) is 29.3 Å². The van der Waals surface area contributed by atoms with Crippen LogP contribution in [0.2, 0.25) is 0 Å². The summed E-state index contributed by atoms with van der Waals surface area (Å²) in [4.78, 5) is 30.6. The van der Waals surface area contributed by atoms with Crippen LogP contribution in [0.5, 0.6) is 0 Å². The molecule has 110 valence electrons. The van der Waals surface area contributed by atoms with Gasteiger partial charge in [0.15, 0.2) is 0 Å². The summed E-state index contributed by atoms with van der Waals surface area (Å²) >= 11 is 1.45. The van der Waals surface area contributed by atoms with Crippen molar-refractivity contribution in [3.8, 4) is 0 Å². The van der Waals surface area contributed by atoms with Crippen LogP contribution in [0.15, 0.2) is 23.7 Å². The van der Waals surface area contributed by atoms with Gasteiger partial charge < -0.3 is 9.64 Å². The van der Waals surface area contributed by atoms with Crippen molar-refractivity contribution in [3.63, 3.8) is 0 Å². The quantitative estimate of drug-likeness (QED) is 0.800. The topological polar surface area (TPSA) is 59.5 Å². The average molecular weight is 304 g/mol. The van der Waals surface area contributed by atoms with Crippen molar-refractivity contribution in [1.82, 2.24) is 9.88 Å². The molecule has 0 saturated carbocycles. The average Bonchev–Trinajstić information content (AvgIpc) is 3.02. The number of nitrogens with zero attached hydrogens (tertiary/aromatic N) is 2. The third-order valence-electron chi connectivity index (χ3n) is 3.82. The number of esters is 1. The second-order valence-electron chi connectivity index (χ2n) is 5.04. The van der Waals surface area contributed by atoms with Gasteiger partial charge in [-0.25, -0.2) is 9.78 Å². The highest BCUT2D eigenvalue weighted by molar-refractivity contribution is 7.17. The zero-order chi connectivity index (χ0) is 14.8. The van der Waals surface area contributed by atoms with Gasteiger partial charge in [0.1, 0.15) is 6.04 Å². The number of benzene rings is 1. The highest BCUT2D eigenvalue weighted by Crippen LogP contribution is 2.26. The zero-order valence-corrected chi connectivity index (χ0v) is 12.6. The molecular weight excluding hydrogens is 288 g/mol. The van der Waals surface area contributed by atoms with Gasteiger partial charge in [-0.2, -0.15) is 0 Å². The Morgan fingerprint density at radius 3 is 3.05 bits per heavy atom. The van der Waals surface area contributed by atoms with Crippen molar-refractivity contribution in [2.75, 3.05) is 13.7 Å². The number of piperidine rings is 1. The fourth-order valence-electron chi connectivity index (χ4n) is 2.77. The third-order valence-corrected chi connectivity index (χ3v) is 4.70. The maximum Gasteiger partial charge on any atom is 0.328 e. The van der Waals surface area contributed by atoms with E-state index in [2.05, 4.69) is 4.98 Å². The predicted molar refractivity (Wildman–Crippen MR) is 80.3 cm³/mol. The Hall–Kier alpha value is -1.95. The summed E-state index contributed by atoms with van der Waals surface area (Å²) in [5.74, 6) is -0.445. The molecule has 1 fully saturated rings. The summed E-state index contributed by atoms with van der Waals surface area (Å²) in [5, 5.41) is 0. The molecule has 1 amide bonds. The van der Waals surface area contributed by atoms with E-state index in [1.54, 1.807) is 16.5 Å². The molecule has 5 nitrogen and oxygen atoms in total. The first-order chi connectivity index (χ1) is 10.2. The van der Waals surface area contributed by atoms with Crippen LogP contribution in [0.4, 0.5) is 0 Å². The van der Waals surface area contributed by atoms with Gasteiger partial charge in [0.2, 0.25) is 0 Å². The molecule has 1 aliphatic heterocycles. The van der Waals surface area contributed by atoms with Gasteiger partial charge in [-0.3, -0.25) is 4.79 Å². The lowest BCUT2D eigenvalue weighted by Crippen LogP contribution is -2.48. The summed E-state index contributed by atoms with van der Waals surface area (Å²) in [6.45, 7) is 0.591. The second kappa shape index (κ2) is 5.81. The molecule has 0 radical (unpaired) electrons. The number of hydrogen-bond donors (Lipinski definition) is 0. The van der Waals surface area contributed by atoms with Crippen molar-refractivity contribution in [2.24, 2.45) is 0 Å². The molecule has 1 unspecified atom stereocenters. The summed E-state index contributed by atoms with van der Waals surface area (Å²) in [5.41, 5.74) is 3.17. The van der Waals surface area contributed by atoms with E-state index in [0.717, 1.165) is 23.1 Å². The van der Waals surface area contributed by atoms with Crippen LogP contribution in [0, 0.1) is 0 Å². The molecule has 0 bridgehead atoms. The Morgan fingerprint density at radius 2 is 2.24 bits per heavy atom. The highest BCUT2D eigenvalue weighted by atomic mass is 32.1. The van der Waals surface area contributed by atoms with E-state index >= 15 is 0 Å². The summed E-state index contributed by atoms with van der Waals surface area (Å²) in [6.07, 6.45) is 2.52. The van der Waals surface area contributed by atoms with Gasteiger partial charge in [-0.05, 0) is 31.4 Å². The summed E-state index contributed by atoms with van der Waals surface area (Å²) < 4.78 is 5.71. The van der Waals surface area contributed by atoms with Crippen molar-refractivity contribution >= 4 is 33.4 Å². The largest absolute Gasteiger partial charge is 0.467 e. The maximum atomic E-state index is 12.8. The minimum atomic E-state index is -0.473. The molecule has 6 heteroatoms. The number of ether oxygens (including phenoxy) is 1. The van der Waals surface area contributed by atoms with Crippen LogP contribution >= 0.6 is 11.3 Å². The minimum absolute atomic E-state index is 0.111. The number of aromatic nitrogens is 1. The Kier molecular flexibility index (Phi) is 3.88.